The second-order valence-corrected chi connectivity index (χ2v) is 9.22. The second-order valence-electron chi connectivity index (χ2n) is 9.22. The molecule has 4 rings (SSSR count). The quantitative estimate of drug-likeness (QED) is 0.343. The Morgan fingerprint density at radius 2 is 1.23 bits per heavy atom. The molecule has 0 aliphatic carbocycles. The smallest absolute Gasteiger partial charge is 0.129 e. The topological polar surface area (TPSA) is 77.6 Å². The Balaban J connectivity index is 0.000000292. The van der Waals surface area contributed by atoms with Gasteiger partial charge in [-0.25, -0.2) is 4.98 Å². The average Bonchev–Trinajstić information content (AvgIpc) is 2.66. The van der Waals surface area contributed by atoms with E-state index in [-0.39, 0.29) is 25.7 Å². The molecule has 0 saturated carbocycles. The molecule has 0 unspecified atom stereocenters. The number of rotatable bonds is 0. The van der Waals surface area contributed by atoms with E-state index >= 15 is 0 Å². The Bertz CT molecular complexity index is 1130. The van der Waals surface area contributed by atoms with E-state index in [1.807, 2.05) is 42.9 Å². The molecule has 31 heavy (non-hydrogen) atoms. The fourth-order valence-electron chi connectivity index (χ4n) is 3.34. The standard InChI is InChI=1S/C12H15N3.C12H14N2.2CH4/c1-12(2,3)9-10-8(5-4-6-14-10)7-15-11(9)13;1-12(2,3)10-8-13-7-9-5-4-6-14-11(9)10;;/h4-7H,1-3H3,(H2,13,15);4-8H,1-3H3;2*1H4. The number of nitrogens with zero attached hydrogens (tertiary/aromatic N) is 4. The first-order chi connectivity index (χ1) is 13.6. The predicted octanol–water partition coefficient (Wildman–Crippen LogP) is 6.71. The van der Waals surface area contributed by atoms with Gasteiger partial charge in [0.25, 0.3) is 0 Å². The number of anilines is 1. The summed E-state index contributed by atoms with van der Waals surface area (Å²) in [5.41, 5.74) is 10.2. The van der Waals surface area contributed by atoms with E-state index in [0.29, 0.717) is 5.82 Å². The number of nitrogen functional groups attached to an aromatic ring is 1. The molecule has 0 saturated heterocycles. The average molecular weight is 420 g/mol. The van der Waals surface area contributed by atoms with Crippen molar-refractivity contribution in [2.75, 3.05) is 5.73 Å². The first-order valence-corrected chi connectivity index (χ1v) is 9.78. The summed E-state index contributed by atoms with van der Waals surface area (Å²) in [6.07, 6.45) is 9.16. The zero-order valence-corrected chi connectivity index (χ0v) is 18.1. The van der Waals surface area contributed by atoms with Crippen LogP contribution in [-0.2, 0) is 10.8 Å². The van der Waals surface area contributed by atoms with E-state index in [0.717, 1.165) is 27.4 Å². The van der Waals surface area contributed by atoms with Crippen LogP contribution in [0.1, 0.15) is 67.5 Å². The molecule has 4 aromatic rings. The number of fused-ring (bicyclic) bond motifs is 2. The molecule has 0 fully saturated rings. The summed E-state index contributed by atoms with van der Waals surface area (Å²) < 4.78 is 0. The van der Waals surface area contributed by atoms with E-state index in [2.05, 4.69) is 61.5 Å². The van der Waals surface area contributed by atoms with Gasteiger partial charge in [-0.3, -0.25) is 15.0 Å². The van der Waals surface area contributed by atoms with Crippen LogP contribution in [0.5, 0.6) is 0 Å². The molecular weight excluding hydrogens is 382 g/mol. The molecular formula is C26H37N5. The van der Waals surface area contributed by atoms with Gasteiger partial charge in [-0.15, -0.1) is 0 Å². The molecule has 0 aliphatic rings. The highest BCUT2D eigenvalue weighted by atomic mass is 14.8. The van der Waals surface area contributed by atoms with Crippen molar-refractivity contribution in [1.29, 1.82) is 0 Å². The first-order valence-electron chi connectivity index (χ1n) is 9.78. The SMILES string of the molecule is C.C.CC(C)(C)c1c(N)ncc2cccnc12.CC(C)(C)c1cncc2cccnc12. The third-order valence-corrected chi connectivity index (χ3v) is 4.74. The Hall–Kier alpha value is -3.08. The highest BCUT2D eigenvalue weighted by Gasteiger charge is 2.21. The summed E-state index contributed by atoms with van der Waals surface area (Å²) in [7, 11) is 0. The number of hydrogen-bond donors (Lipinski definition) is 1. The lowest BCUT2D eigenvalue weighted by molar-refractivity contribution is 0.592. The highest BCUT2D eigenvalue weighted by Crippen LogP contribution is 2.31. The van der Waals surface area contributed by atoms with Gasteiger partial charge in [0.1, 0.15) is 5.82 Å². The van der Waals surface area contributed by atoms with E-state index < -0.39 is 0 Å². The highest BCUT2D eigenvalue weighted by molar-refractivity contribution is 5.85. The molecule has 4 heterocycles. The minimum atomic E-state index is -0.0368. The molecule has 5 heteroatoms. The molecule has 0 aliphatic heterocycles. The zero-order chi connectivity index (χ0) is 21.2. The number of nitrogens with two attached hydrogens (primary N) is 1. The van der Waals surface area contributed by atoms with Crippen LogP contribution >= 0.6 is 0 Å². The normalized spacial score (nSPS) is 11.2. The van der Waals surface area contributed by atoms with Gasteiger partial charge in [0, 0.05) is 52.9 Å². The maximum Gasteiger partial charge on any atom is 0.129 e. The Morgan fingerprint density at radius 1 is 0.677 bits per heavy atom. The van der Waals surface area contributed by atoms with Gasteiger partial charge >= 0.3 is 0 Å². The third kappa shape index (κ3) is 5.75. The van der Waals surface area contributed by atoms with Crippen LogP contribution in [0.25, 0.3) is 21.8 Å². The molecule has 0 bridgehead atoms. The predicted molar refractivity (Wildman–Crippen MR) is 134 cm³/mol. The largest absolute Gasteiger partial charge is 0.383 e. The number of pyridine rings is 4. The second kappa shape index (κ2) is 9.82. The molecule has 4 aromatic heterocycles. The van der Waals surface area contributed by atoms with E-state index in [1.165, 1.54) is 5.56 Å². The van der Waals surface area contributed by atoms with Crippen LogP contribution < -0.4 is 5.73 Å². The summed E-state index contributed by atoms with van der Waals surface area (Å²) in [4.78, 5) is 17.2. The molecule has 5 nitrogen and oxygen atoms in total. The van der Waals surface area contributed by atoms with Crippen LogP contribution in [-0.4, -0.2) is 19.9 Å². The van der Waals surface area contributed by atoms with Gasteiger partial charge in [0.2, 0.25) is 0 Å². The molecule has 0 amide bonds. The Morgan fingerprint density at radius 3 is 1.77 bits per heavy atom. The monoisotopic (exact) mass is 419 g/mol. The maximum absolute atomic E-state index is 5.92. The molecule has 0 radical (unpaired) electrons. The van der Waals surface area contributed by atoms with Crippen molar-refractivity contribution in [2.45, 2.75) is 67.2 Å². The summed E-state index contributed by atoms with van der Waals surface area (Å²) in [6.45, 7) is 12.9. The van der Waals surface area contributed by atoms with Gasteiger partial charge in [-0.2, -0.15) is 0 Å². The summed E-state index contributed by atoms with van der Waals surface area (Å²) in [5.74, 6) is 0.578. The van der Waals surface area contributed by atoms with Crippen LogP contribution in [0, 0.1) is 0 Å². The van der Waals surface area contributed by atoms with Crippen LogP contribution in [0.2, 0.25) is 0 Å². The van der Waals surface area contributed by atoms with Gasteiger partial charge in [-0.05, 0) is 35.1 Å². The number of aromatic nitrogens is 4. The molecule has 0 spiro atoms. The van der Waals surface area contributed by atoms with Crippen molar-refractivity contribution in [3.63, 3.8) is 0 Å². The van der Waals surface area contributed by atoms with Gasteiger partial charge in [-0.1, -0.05) is 56.4 Å². The van der Waals surface area contributed by atoms with Crippen molar-refractivity contribution in [3.8, 4) is 0 Å². The van der Waals surface area contributed by atoms with Crippen LogP contribution in [0.15, 0.2) is 55.2 Å². The van der Waals surface area contributed by atoms with Crippen molar-refractivity contribution in [2.24, 2.45) is 0 Å². The van der Waals surface area contributed by atoms with Crippen molar-refractivity contribution >= 4 is 27.6 Å². The van der Waals surface area contributed by atoms with Gasteiger partial charge in [0.05, 0.1) is 11.0 Å². The van der Waals surface area contributed by atoms with Crippen LogP contribution in [0.4, 0.5) is 5.82 Å². The van der Waals surface area contributed by atoms with Crippen LogP contribution in [0.3, 0.4) is 0 Å². The lowest BCUT2D eigenvalue weighted by Crippen LogP contribution is -2.16. The fourth-order valence-corrected chi connectivity index (χ4v) is 3.34. The molecule has 166 valence electrons. The van der Waals surface area contributed by atoms with Gasteiger partial charge < -0.3 is 5.73 Å². The van der Waals surface area contributed by atoms with Gasteiger partial charge in [0.15, 0.2) is 0 Å². The van der Waals surface area contributed by atoms with E-state index in [4.69, 9.17) is 5.73 Å². The van der Waals surface area contributed by atoms with Crippen molar-refractivity contribution < 1.29 is 0 Å². The Kier molecular flexibility index (Phi) is 8.22. The minimum Gasteiger partial charge on any atom is -0.383 e. The van der Waals surface area contributed by atoms with E-state index in [9.17, 15) is 0 Å². The first kappa shape index (κ1) is 26.0. The summed E-state index contributed by atoms with van der Waals surface area (Å²) in [5, 5.41) is 2.15. The molecule has 0 atom stereocenters. The van der Waals surface area contributed by atoms with E-state index in [1.54, 1.807) is 12.4 Å². The number of hydrogen-bond acceptors (Lipinski definition) is 5. The zero-order valence-electron chi connectivity index (χ0n) is 18.1. The lowest BCUT2D eigenvalue weighted by Gasteiger charge is -2.21. The molecule has 0 aromatic carbocycles. The molecule has 2 N–H and O–H groups in total. The lowest BCUT2D eigenvalue weighted by atomic mass is 9.86. The minimum absolute atomic E-state index is 0. The van der Waals surface area contributed by atoms with Crippen molar-refractivity contribution in [1.82, 2.24) is 19.9 Å². The third-order valence-electron chi connectivity index (χ3n) is 4.74. The maximum atomic E-state index is 5.92. The fraction of sp³-hybridized carbons (Fsp3) is 0.385. The Labute approximate surface area is 187 Å². The summed E-state index contributed by atoms with van der Waals surface area (Å²) in [6, 6.07) is 7.90. The van der Waals surface area contributed by atoms with Crippen molar-refractivity contribution in [3.05, 3.63) is 66.4 Å². The summed E-state index contributed by atoms with van der Waals surface area (Å²) >= 11 is 0.